The lowest BCUT2D eigenvalue weighted by Crippen LogP contribution is -2.51. The molecule has 1 fully saturated rings. The predicted octanol–water partition coefficient (Wildman–Crippen LogP) is 2.94. The van der Waals surface area contributed by atoms with Crippen molar-refractivity contribution < 1.29 is 23.4 Å². The van der Waals surface area contributed by atoms with Crippen molar-refractivity contribution in [2.45, 2.75) is 38.5 Å². The number of carbonyl (C=O) groups is 1. The van der Waals surface area contributed by atoms with Gasteiger partial charge in [0, 0.05) is 25.3 Å². The van der Waals surface area contributed by atoms with E-state index in [1.807, 2.05) is 4.90 Å². The zero-order valence-corrected chi connectivity index (χ0v) is 19.9. The molecule has 11 heteroatoms. The molecule has 0 bridgehead atoms. The molecule has 0 aliphatic carbocycles. The Labute approximate surface area is 207 Å². The van der Waals surface area contributed by atoms with E-state index in [4.69, 9.17) is 16.2 Å². The van der Waals surface area contributed by atoms with Crippen molar-refractivity contribution in [1.82, 2.24) is 9.97 Å². The third kappa shape index (κ3) is 5.21. The number of nitrogens with zero attached hydrogens (tertiary/aromatic N) is 3. The summed E-state index contributed by atoms with van der Waals surface area (Å²) in [4.78, 5) is 23.4. The minimum Gasteiger partial charge on any atom is -0.488 e. The minimum atomic E-state index is -0.925. The van der Waals surface area contributed by atoms with Crippen LogP contribution >= 0.6 is 0 Å². The van der Waals surface area contributed by atoms with E-state index < -0.39 is 35.3 Å². The van der Waals surface area contributed by atoms with Gasteiger partial charge in [0.1, 0.15) is 5.82 Å². The number of rotatable bonds is 6. The van der Waals surface area contributed by atoms with Gasteiger partial charge in [-0.3, -0.25) is 9.78 Å². The fraction of sp³-hybridized carbons (Fsp3) is 0.320. The van der Waals surface area contributed by atoms with E-state index in [9.17, 15) is 14.3 Å². The number of ether oxygens (including phenoxy) is 1. The van der Waals surface area contributed by atoms with Crippen molar-refractivity contribution in [1.29, 1.82) is 0 Å². The number of amides is 1. The van der Waals surface area contributed by atoms with Crippen LogP contribution in [0.15, 0.2) is 42.7 Å². The van der Waals surface area contributed by atoms with Gasteiger partial charge in [0.25, 0.3) is 5.91 Å². The number of anilines is 3. The first-order chi connectivity index (χ1) is 17.2. The van der Waals surface area contributed by atoms with Gasteiger partial charge in [-0.05, 0) is 50.6 Å². The Morgan fingerprint density at radius 2 is 2.03 bits per heavy atom. The van der Waals surface area contributed by atoms with Crippen LogP contribution in [0.1, 0.15) is 30.8 Å². The molecular formula is C25H28F2N6O3. The number of nitrogen functional groups attached to an aromatic ring is 1. The number of pyridine rings is 2. The Bertz CT molecular complexity index is 1270. The Morgan fingerprint density at radius 3 is 2.75 bits per heavy atom. The van der Waals surface area contributed by atoms with Crippen LogP contribution in [-0.2, 0) is 0 Å². The molecule has 1 saturated heterocycles. The zero-order chi connectivity index (χ0) is 26.0. The first kappa shape index (κ1) is 25.3. The molecule has 1 amide bonds. The molecule has 6 N–H and O–H groups in total. The third-order valence-electron chi connectivity index (χ3n) is 5.82. The zero-order valence-electron chi connectivity index (χ0n) is 19.9. The summed E-state index contributed by atoms with van der Waals surface area (Å²) in [5, 5.41) is 12.7. The number of nitrogens with two attached hydrogens (primary N) is 2. The van der Waals surface area contributed by atoms with Crippen molar-refractivity contribution in [2.75, 3.05) is 29.0 Å². The van der Waals surface area contributed by atoms with Crippen LogP contribution in [0.4, 0.5) is 25.8 Å². The SMILES string of the molecule is CC(C)Oc1ccc(F)c(-c2ccc(N)c(C(=O)Nc3cnccc3N3CCC(O)C(N)C3)n2)c1F. The van der Waals surface area contributed by atoms with Gasteiger partial charge in [-0.2, -0.15) is 0 Å². The van der Waals surface area contributed by atoms with E-state index in [-0.39, 0.29) is 28.9 Å². The van der Waals surface area contributed by atoms with Crippen LogP contribution in [0.5, 0.6) is 5.75 Å². The number of carbonyl (C=O) groups excluding carboxylic acids is 1. The quantitative estimate of drug-likeness (QED) is 0.407. The van der Waals surface area contributed by atoms with Crippen LogP contribution in [0.25, 0.3) is 11.3 Å². The molecule has 2 aromatic heterocycles. The summed E-state index contributed by atoms with van der Waals surface area (Å²) in [5.74, 6) is -2.59. The number of halogens is 2. The third-order valence-corrected chi connectivity index (χ3v) is 5.82. The van der Waals surface area contributed by atoms with Gasteiger partial charge in [-0.15, -0.1) is 0 Å². The number of nitrogens with one attached hydrogen (secondary N) is 1. The first-order valence-electron chi connectivity index (χ1n) is 11.5. The summed E-state index contributed by atoms with van der Waals surface area (Å²) in [6.45, 7) is 4.36. The van der Waals surface area contributed by atoms with Gasteiger partial charge in [0.15, 0.2) is 17.3 Å². The average molecular weight is 499 g/mol. The van der Waals surface area contributed by atoms with E-state index in [1.165, 1.54) is 24.4 Å². The van der Waals surface area contributed by atoms with E-state index >= 15 is 4.39 Å². The first-order valence-corrected chi connectivity index (χ1v) is 11.5. The van der Waals surface area contributed by atoms with Crippen molar-refractivity contribution in [3.8, 4) is 17.0 Å². The number of benzene rings is 1. The lowest BCUT2D eigenvalue weighted by atomic mass is 10.0. The van der Waals surface area contributed by atoms with Crippen LogP contribution in [-0.4, -0.2) is 52.3 Å². The number of hydrogen-bond acceptors (Lipinski definition) is 8. The summed E-state index contributed by atoms with van der Waals surface area (Å²) in [6, 6.07) is 6.26. The van der Waals surface area contributed by atoms with Crippen molar-refractivity contribution in [2.24, 2.45) is 5.73 Å². The molecule has 0 spiro atoms. The molecule has 3 heterocycles. The molecule has 1 aliphatic rings. The summed E-state index contributed by atoms with van der Waals surface area (Å²) in [5.41, 5.74) is 12.3. The normalized spacial score (nSPS) is 17.8. The standard InChI is InChI=1S/C25H28F2N6O3/c1-13(2)36-21-6-3-14(26)22(23(21)27)17-5-4-15(28)24(31-17)25(35)32-18-11-30-9-7-19(18)33-10-8-20(34)16(29)12-33/h3-7,9,11,13,16,20,34H,8,10,12,28-29H2,1-2H3,(H,32,35). The highest BCUT2D eigenvalue weighted by Crippen LogP contribution is 2.33. The second-order valence-corrected chi connectivity index (χ2v) is 8.85. The van der Waals surface area contributed by atoms with E-state index in [1.54, 1.807) is 26.1 Å². The lowest BCUT2D eigenvalue weighted by molar-refractivity contribution is 0.102. The maximum atomic E-state index is 15.1. The van der Waals surface area contributed by atoms with E-state index in [0.717, 1.165) is 6.07 Å². The molecule has 3 aromatic rings. The van der Waals surface area contributed by atoms with Crippen molar-refractivity contribution >= 4 is 23.0 Å². The topological polar surface area (TPSA) is 140 Å². The summed E-state index contributed by atoms with van der Waals surface area (Å²) in [7, 11) is 0. The summed E-state index contributed by atoms with van der Waals surface area (Å²) >= 11 is 0. The molecule has 1 aliphatic heterocycles. The smallest absolute Gasteiger partial charge is 0.276 e. The number of aliphatic hydroxyl groups is 1. The Kier molecular flexibility index (Phi) is 7.32. The summed E-state index contributed by atoms with van der Waals surface area (Å²) in [6.07, 6.45) is 2.59. The maximum absolute atomic E-state index is 15.1. The fourth-order valence-electron chi connectivity index (χ4n) is 4.03. The molecule has 2 unspecified atom stereocenters. The molecule has 2 atom stereocenters. The molecule has 9 nitrogen and oxygen atoms in total. The number of hydrogen-bond donors (Lipinski definition) is 4. The molecule has 4 rings (SSSR count). The van der Waals surface area contributed by atoms with Crippen molar-refractivity contribution in [3.63, 3.8) is 0 Å². The number of aromatic nitrogens is 2. The molecule has 0 radical (unpaired) electrons. The Balaban J connectivity index is 1.65. The number of piperidine rings is 1. The molecular weight excluding hydrogens is 470 g/mol. The predicted molar refractivity (Wildman–Crippen MR) is 133 cm³/mol. The maximum Gasteiger partial charge on any atom is 0.276 e. The summed E-state index contributed by atoms with van der Waals surface area (Å²) < 4.78 is 35.2. The van der Waals surface area contributed by atoms with Gasteiger partial charge in [-0.1, -0.05) is 0 Å². The highest BCUT2D eigenvalue weighted by molar-refractivity contribution is 6.08. The van der Waals surface area contributed by atoms with Gasteiger partial charge in [0.2, 0.25) is 0 Å². The monoisotopic (exact) mass is 498 g/mol. The van der Waals surface area contributed by atoms with Gasteiger partial charge in [0.05, 0.1) is 46.7 Å². The molecule has 36 heavy (non-hydrogen) atoms. The van der Waals surface area contributed by atoms with E-state index in [2.05, 4.69) is 15.3 Å². The number of aliphatic hydroxyl groups excluding tert-OH is 1. The van der Waals surface area contributed by atoms with Gasteiger partial charge >= 0.3 is 0 Å². The Hall–Kier alpha value is -3.83. The van der Waals surface area contributed by atoms with Crippen LogP contribution < -0.4 is 26.4 Å². The highest BCUT2D eigenvalue weighted by Gasteiger charge is 2.27. The van der Waals surface area contributed by atoms with Crippen LogP contribution in [0, 0.1) is 11.6 Å². The Morgan fingerprint density at radius 1 is 1.25 bits per heavy atom. The van der Waals surface area contributed by atoms with Gasteiger partial charge < -0.3 is 31.5 Å². The molecule has 1 aromatic carbocycles. The molecule has 190 valence electrons. The van der Waals surface area contributed by atoms with E-state index in [0.29, 0.717) is 30.9 Å². The second kappa shape index (κ2) is 10.4. The van der Waals surface area contributed by atoms with Crippen LogP contribution in [0.3, 0.4) is 0 Å². The largest absolute Gasteiger partial charge is 0.488 e. The van der Waals surface area contributed by atoms with Gasteiger partial charge in [-0.25, -0.2) is 13.8 Å². The highest BCUT2D eigenvalue weighted by atomic mass is 19.1. The fourth-order valence-corrected chi connectivity index (χ4v) is 4.03. The molecule has 0 saturated carbocycles. The average Bonchev–Trinajstić information content (AvgIpc) is 2.84. The van der Waals surface area contributed by atoms with Crippen LogP contribution in [0.2, 0.25) is 0 Å². The van der Waals surface area contributed by atoms with Crippen molar-refractivity contribution in [3.05, 3.63) is 60.1 Å². The second-order valence-electron chi connectivity index (χ2n) is 8.85. The minimum absolute atomic E-state index is 0.0280. The lowest BCUT2D eigenvalue weighted by Gasteiger charge is -2.36.